The molecule has 33 heavy (non-hydrogen) atoms. The van der Waals surface area contributed by atoms with E-state index < -0.39 is 11.4 Å². The number of aryl methyl sites for hydroxylation is 1. The van der Waals surface area contributed by atoms with E-state index in [0.717, 1.165) is 15.7 Å². The minimum atomic E-state index is -0.504. The molecule has 0 bridgehead atoms. The fourth-order valence-electron chi connectivity index (χ4n) is 3.22. The molecule has 3 N–H and O–H groups in total. The van der Waals surface area contributed by atoms with Gasteiger partial charge in [0.15, 0.2) is 0 Å². The van der Waals surface area contributed by atoms with Crippen molar-refractivity contribution in [2.45, 2.75) is 26.9 Å². The van der Waals surface area contributed by atoms with Crippen molar-refractivity contribution < 1.29 is 4.74 Å². The zero-order chi connectivity index (χ0) is 23.4. The zero-order valence-corrected chi connectivity index (χ0v) is 18.4. The van der Waals surface area contributed by atoms with Gasteiger partial charge < -0.3 is 10.5 Å². The molecule has 0 saturated carbocycles. The summed E-state index contributed by atoms with van der Waals surface area (Å²) < 4.78 is 8.29. The van der Waals surface area contributed by atoms with Gasteiger partial charge >= 0.3 is 11.4 Å². The van der Waals surface area contributed by atoms with E-state index in [1.54, 1.807) is 43.3 Å². The number of H-pyrrole nitrogens is 1. The summed E-state index contributed by atoms with van der Waals surface area (Å²) in [7, 11) is 0. The van der Waals surface area contributed by atoms with Crippen LogP contribution in [0.3, 0.4) is 0 Å². The average molecular weight is 444 g/mol. The Labute approximate surface area is 189 Å². The number of ether oxygens (including phenoxy) is 1. The van der Waals surface area contributed by atoms with Gasteiger partial charge in [0.1, 0.15) is 5.75 Å². The molecule has 0 amide bonds. The van der Waals surface area contributed by atoms with Gasteiger partial charge in [0.05, 0.1) is 24.1 Å². The molecule has 2 heterocycles. The number of hydrogen-bond acceptors (Lipinski definition) is 6. The highest BCUT2D eigenvalue weighted by Crippen LogP contribution is 2.22. The summed E-state index contributed by atoms with van der Waals surface area (Å²) in [5.41, 5.74) is 8.03. The molecule has 2 aromatic carbocycles. The molecule has 2 aromatic heterocycles. The lowest BCUT2D eigenvalue weighted by molar-refractivity contribution is 0.463. The molecule has 0 spiro atoms. The van der Waals surface area contributed by atoms with Crippen molar-refractivity contribution in [2.75, 3.05) is 5.73 Å². The van der Waals surface area contributed by atoms with Crippen LogP contribution in [0.5, 0.6) is 11.6 Å². The second kappa shape index (κ2) is 9.39. The minimum absolute atomic E-state index is 0.171. The van der Waals surface area contributed by atoms with Crippen LogP contribution in [0, 0.1) is 6.92 Å². The maximum atomic E-state index is 13.0. The van der Waals surface area contributed by atoms with Crippen molar-refractivity contribution in [1.29, 1.82) is 0 Å². The highest BCUT2D eigenvalue weighted by atomic mass is 16.5. The zero-order valence-electron chi connectivity index (χ0n) is 18.4. The summed E-state index contributed by atoms with van der Waals surface area (Å²) in [5, 5.41) is 0. The van der Waals surface area contributed by atoms with Crippen LogP contribution >= 0.6 is 0 Å². The van der Waals surface area contributed by atoms with E-state index in [9.17, 15) is 9.59 Å². The highest BCUT2D eigenvalue weighted by molar-refractivity contribution is 5.43. The molecule has 0 unspecified atom stereocenters. The number of nitrogens with zero attached hydrogens (tertiary/aromatic N) is 4. The second-order valence-electron chi connectivity index (χ2n) is 7.49. The molecule has 0 aliphatic rings. The molecule has 0 aliphatic carbocycles. The lowest BCUT2D eigenvalue weighted by Crippen LogP contribution is -2.49. The molecule has 0 radical (unpaired) electrons. The number of aromatic amines is 1. The SMILES string of the molecule is CCn1c(=O)[nH]/c(=N\c2ccc(Oc3ccc(N)cn3)cc2)n(Cc2ccc(C)cc2)c1=O. The van der Waals surface area contributed by atoms with E-state index in [4.69, 9.17) is 10.5 Å². The highest BCUT2D eigenvalue weighted by Gasteiger charge is 2.09. The predicted molar refractivity (Wildman–Crippen MR) is 126 cm³/mol. The number of rotatable bonds is 6. The largest absolute Gasteiger partial charge is 0.439 e. The van der Waals surface area contributed by atoms with Gasteiger partial charge in [-0.05, 0) is 49.7 Å². The Morgan fingerprint density at radius 1 is 1.00 bits per heavy atom. The molecule has 168 valence electrons. The van der Waals surface area contributed by atoms with Gasteiger partial charge in [0.2, 0.25) is 11.5 Å². The lowest BCUT2D eigenvalue weighted by Gasteiger charge is -2.10. The van der Waals surface area contributed by atoms with E-state index in [0.29, 0.717) is 23.0 Å². The molecule has 0 aliphatic heterocycles. The third kappa shape index (κ3) is 5.09. The third-order valence-corrected chi connectivity index (χ3v) is 5.01. The topological polar surface area (TPSA) is 120 Å². The Hall–Kier alpha value is -4.40. The van der Waals surface area contributed by atoms with Gasteiger partial charge in [-0.25, -0.2) is 24.1 Å². The fraction of sp³-hybridized carbons (Fsp3) is 0.167. The number of benzene rings is 2. The van der Waals surface area contributed by atoms with Gasteiger partial charge in [-0.15, -0.1) is 0 Å². The van der Waals surface area contributed by atoms with Crippen LogP contribution in [-0.4, -0.2) is 19.1 Å². The Bertz CT molecular complexity index is 1430. The van der Waals surface area contributed by atoms with Crippen molar-refractivity contribution >= 4 is 11.4 Å². The molecular weight excluding hydrogens is 420 g/mol. The first kappa shape index (κ1) is 21.8. The first-order chi connectivity index (χ1) is 15.9. The van der Waals surface area contributed by atoms with Gasteiger partial charge in [-0.1, -0.05) is 29.8 Å². The van der Waals surface area contributed by atoms with Crippen LogP contribution in [0.15, 0.2) is 81.4 Å². The first-order valence-electron chi connectivity index (χ1n) is 10.5. The van der Waals surface area contributed by atoms with Crippen LogP contribution in [0.25, 0.3) is 0 Å². The number of pyridine rings is 1. The molecule has 0 fully saturated rings. The Morgan fingerprint density at radius 2 is 1.73 bits per heavy atom. The Balaban J connectivity index is 1.70. The molecule has 4 rings (SSSR count). The normalized spacial score (nSPS) is 11.5. The van der Waals surface area contributed by atoms with Gasteiger partial charge in [-0.2, -0.15) is 0 Å². The lowest BCUT2D eigenvalue weighted by atomic mass is 10.1. The summed E-state index contributed by atoms with van der Waals surface area (Å²) in [6.07, 6.45) is 1.51. The number of nitrogens with two attached hydrogens (primary N) is 1. The summed E-state index contributed by atoms with van der Waals surface area (Å²) >= 11 is 0. The summed E-state index contributed by atoms with van der Waals surface area (Å²) in [4.78, 5) is 36.8. The van der Waals surface area contributed by atoms with Crippen LogP contribution in [0.2, 0.25) is 0 Å². The van der Waals surface area contributed by atoms with Crippen molar-refractivity contribution in [3.8, 4) is 11.6 Å². The van der Waals surface area contributed by atoms with Crippen LogP contribution in [0.4, 0.5) is 11.4 Å². The van der Waals surface area contributed by atoms with Crippen molar-refractivity contribution in [3.05, 3.63) is 105 Å². The van der Waals surface area contributed by atoms with Crippen molar-refractivity contribution in [2.24, 2.45) is 4.99 Å². The average Bonchev–Trinajstić information content (AvgIpc) is 2.81. The Morgan fingerprint density at radius 3 is 2.36 bits per heavy atom. The molecular formula is C24H24N6O3. The fourth-order valence-corrected chi connectivity index (χ4v) is 3.22. The second-order valence-corrected chi connectivity index (χ2v) is 7.49. The quantitative estimate of drug-likeness (QED) is 0.474. The number of hydrogen-bond donors (Lipinski definition) is 2. The summed E-state index contributed by atoms with van der Waals surface area (Å²) in [6, 6.07) is 18.1. The number of aromatic nitrogens is 4. The third-order valence-electron chi connectivity index (χ3n) is 5.01. The molecule has 9 nitrogen and oxygen atoms in total. The van der Waals surface area contributed by atoms with E-state index in [-0.39, 0.29) is 18.7 Å². The molecule has 0 atom stereocenters. The maximum absolute atomic E-state index is 13.0. The van der Waals surface area contributed by atoms with Crippen LogP contribution in [-0.2, 0) is 13.1 Å². The number of nitrogen functional groups attached to an aromatic ring is 1. The molecule has 9 heteroatoms. The van der Waals surface area contributed by atoms with Crippen molar-refractivity contribution in [1.82, 2.24) is 19.1 Å². The summed E-state index contributed by atoms with van der Waals surface area (Å²) in [6.45, 7) is 4.28. The first-order valence-corrected chi connectivity index (χ1v) is 10.5. The van der Waals surface area contributed by atoms with E-state index in [1.807, 2.05) is 31.2 Å². The molecule has 4 aromatic rings. The van der Waals surface area contributed by atoms with Gasteiger partial charge in [-0.3, -0.25) is 9.55 Å². The predicted octanol–water partition coefficient (Wildman–Crippen LogP) is 2.72. The number of anilines is 1. The number of nitrogens with one attached hydrogen (secondary N) is 1. The van der Waals surface area contributed by atoms with Crippen LogP contribution in [0.1, 0.15) is 18.1 Å². The van der Waals surface area contributed by atoms with E-state index in [1.165, 1.54) is 10.8 Å². The molecule has 0 saturated heterocycles. The van der Waals surface area contributed by atoms with Crippen LogP contribution < -0.4 is 27.5 Å². The van der Waals surface area contributed by atoms with Gasteiger partial charge in [0.25, 0.3) is 0 Å². The Kier molecular flexibility index (Phi) is 6.21. The minimum Gasteiger partial charge on any atom is -0.439 e. The smallest absolute Gasteiger partial charge is 0.335 e. The van der Waals surface area contributed by atoms with E-state index >= 15 is 0 Å². The standard InChI is InChI=1S/C24H24N6O3/c1-3-29-23(31)28-22(30(24(29)32)15-17-6-4-16(2)5-7-17)27-19-9-11-20(12-10-19)33-21-13-8-18(25)14-26-21/h4-14H,3,15,25H2,1-2H3,(H,27,28,31). The van der Waals surface area contributed by atoms with Gasteiger partial charge in [0, 0.05) is 12.6 Å². The van der Waals surface area contributed by atoms with E-state index in [2.05, 4.69) is 15.0 Å². The van der Waals surface area contributed by atoms with Crippen molar-refractivity contribution in [3.63, 3.8) is 0 Å². The monoisotopic (exact) mass is 444 g/mol. The summed E-state index contributed by atoms with van der Waals surface area (Å²) in [5.74, 6) is 0.978. The maximum Gasteiger partial charge on any atom is 0.335 e.